The Morgan fingerprint density at radius 1 is 0.761 bits per heavy atom. The van der Waals surface area contributed by atoms with Crippen LogP contribution in [0.3, 0.4) is 0 Å². The van der Waals surface area contributed by atoms with Crippen LogP contribution in [0.25, 0.3) is 22.3 Å². The molecule has 1 aromatic heterocycles. The zero-order valence-electron chi connectivity index (χ0n) is 35.9. The fraction of sp³-hybridized carbons (Fsp3) is 0.277. The second-order valence-corrected chi connectivity index (χ2v) is 17.0. The molecule has 0 spiro atoms. The largest absolute Gasteiger partial charge is 0.481 e. The number of amides is 1. The zero-order chi connectivity index (χ0) is 49.6. The number of rotatable bonds is 17. The third-order valence-corrected chi connectivity index (χ3v) is 11.0. The lowest BCUT2D eigenvalue weighted by Crippen LogP contribution is -2.44. The maximum atomic E-state index is 14.2. The van der Waals surface area contributed by atoms with Gasteiger partial charge < -0.3 is 45.7 Å². The second kappa shape index (κ2) is 23.7. The van der Waals surface area contributed by atoms with Gasteiger partial charge in [-0.2, -0.15) is 0 Å². The van der Waals surface area contributed by atoms with E-state index in [2.05, 4.69) is 19.5 Å². The van der Waals surface area contributed by atoms with Crippen molar-refractivity contribution in [1.29, 1.82) is 0 Å². The third-order valence-electron chi connectivity index (χ3n) is 10.5. The number of cyclic esters (lactones) is 1. The van der Waals surface area contributed by atoms with Crippen molar-refractivity contribution in [3.8, 4) is 22.3 Å². The Morgan fingerprint density at radius 2 is 1.24 bits per heavy atom. The second-order valence-electron chi connectivity index (χ2n) is 16.1. The number of benzene rings is 4. The number of carboxylic acids is 3. The number of carboxylic acid groups (broad SMARTS) is 3. The van der Waals surface area contributed by atoms with Crippen LogP contribution < -0.4 is 16.8 Å². The molecule has 16 nitrogen and oxygen atoms in total. The molecule has 2 heterocycles. The van der Waals surface area contributed by atoms with Gasteiger partial charge in [0.25, 0.3) is 5.91 Å². The van der Waals surface area contributed by atoms with E-state index >= 15 is 0 Å². The van der Waals surface area contributed by atoms with Gasteiger partial charge in [-0.25, -0.2) is 18.4 Å². The molecule has 0 radical (unpaired) electrons. The van der Waals surface area contributed by atoms with Gasteiger partial charge in [0.1, 0.15) is 29.9 Å². The van der Waals surface area contributed by atoms with Crippen molar-refractivity contribution < 1.29 is 67.4 Å². The van der Waals surface area contributed by atoms with Gasteiger partial charge in [0.05, 0.1) is 36.0 Å². The maximum Gasteiger partial charge on any atom is 0.416 e. The molecule has 6 rings (SSSR count). The van der Waals surface area contributed by atoms with E-state index in [-0.39, 0.29) is 42.8 Å². The maximum absolute atomic E-state index is 14.2. The molecule has 0 bridgehead atoms. The molecule has 1 aliphatic rings. The molecule has 5 aromatic rings. The highest BCUT2D eigenvalue weighted by Gasteiger charge is 2.36. The number of oxazole rings is 1. The Hall–Kier alpha value is -6.70. The zero-order valence-corrected chi connectivity index (χ0v) is 37.4. The summed E-state index contributed by atoms with van der Waals surface area (Å²) >= 11 is 11.9. The van der Waals surface area contributed by atoms with Crippen LogP contribution >= 0.6 is 23.2 Å². The van der Waals surface area contributed by atoms with Crippen molar-refractivity contribution >= 4 is 53.0 Å². The van der Waals surface area contributed by atoms with Crippen LogP contribution in [0.2, 0.25) is 10.0 Å². The van der Waals surface area contributed by atoms with Gasteiger partial charge >= 0.3 is 29.6 Å². The summed E-state index contributed by atoms with van der Waals surface area (Å²) in [7, 11) is 0. The molecular weight excluding hydrogens is 923 g/mol. The number of aliphatic hydroxyl groups is 2. The molecule has 20 heteroatoms. The minimum atomic E-state index is -1.51. The number of aromatic amines is 1. The number of aliphatic hydroxyl groups excluding tert-OH is 2. The van der Waals surface area contributed by atoms with E-state index in [0.717, 1.165) is 23.7 Å². The first-order valence-electron chi connectivity index (χ1n) is 20.2. The minimum absolute atomic E-state index is 0.0139. The predicted molar refractivity (Wildman–Crippen MR) is 241 cm³/mol. The van der Waals surface area contributed by atoms with Gasteiger partial charge in [-0.15, -0.1) is 0 Å². The first-order valence-corrected chi connectivity index (χ1v) is 20.9. The van der Waals surface area contributed by atoms with Gasteiger partial charge in [-0.1, -0.05) is 71.7 Å². The highest BCUT2D eigenvalue weighted by Crippen LogP contribution is 2.30. The summed E-state index contributed by atoms with van der Waals surface area (Å²) in [5.41, 5.74) is 6.87. The van der Waals surface area contributed by atoms with E-state index in [4.69, 9.17) is 34.0 Å². The number of carbonyl (C=O) groups is 5. The van der Waals surface area contributed by atoms with E-state index in [1.165, 1.54) is 44.2 Å². The van der Waals surface area contributed by atoms with Crippen LogP contribution in [0.1, 0.15) is 54.7 Å². The topological polar surface area (TPSA) is 280 Å². The van der Waals surface area contributed by atoms with Crippen molar-refractivity contribution in [1.82, 2.24) is 10.3 Å². The lowest BCUT2D eigenvalue weighted by Gasteiger charge is -2.28. The SMILES string of the molecule is C[C@@](CO)(C[C@@H](Cc1ccc(-c2cc(Cl)ccc2F)cc1)NC(=O)c1coc(=O)[nH]1)C(=O)O.C[C@@](CO)(C[C@H](N)Cc1ccc(-c2cc(Cl)ccc2F)cc1)C(=O)O.O=C1CC(C(=O)O)=CO1. The number of aromatic nitrogens is 1. The lowest BCUT2D eigenvalue weighted by molar-refractivity contribution is -0.152. The molecule has 67 heavy (non-hydrogen) atoms. The van der Waals surface area contributed by atoms with E-state index in [0.29, 0.717) is 38.7 Å². The summed E-state index contributed by atoms with van der Waals surface area (Å²) in [6, 6.07) is 21.6. The Balaban J connectivity index is 0.000000253. The number of aliphatic carboxylic acids is 3. The molecule has 0 unspecified atom stereocenters. The number of hydrogen-bond acceptors (Lipinski definition) is 11. The van der Waals surface area contributed by atoms with E-state index in [9.17, 15) is 58.0 Å². The molecular formula is C47H47Cl2F2N3O13. The highest BCUT2D eigenvalue weighted by molar-refractivity contribution is 6.31. The van der Waals surface area contributed by atoms with E-state index in [1.54, 1.807) is 42.5 Å². The first kappa shape index (κ1) is 52.9. The summed E-state index contributed by atoms with van der Waals surface area (Å²) in [4.78, 5) is 69.1. The van der Waals surface area contributed by atoms with Crippen LogP contribution in [-0.2, 0) is 36.8 Å². The average molecular weight is 971 g/mol. The normalized spacial score (nSPS) is 14.6. The summed E-state index contributed by atoms with van der Waals surface area (Å²) in [5.74, 6) is -6.13. The smallest absolute Gasteiger partial charge is 0.416 e. The number of nitrogens with one attached hydrogen (secondary N) is 2. The molecule has 4 aromatic carbocycles. The van der Waals surface area contributed by atoms with Crippen LogP contribution in [0.5, 0.6) is 0 Å². The molecule has 0 aliphatic carbocycles. The number of halogens is 4. The van der Waals surface area contributed by atoms with Crippen LogP contribution in [0.15, 0.2) is 112 Å². The first-order chi connectivity index (χ1) is 31.6. The predicted octanol–water partition coefficient (Wildman–Crippen LogP) is 6.63. The van der Waals surface area contributed by atoms with Crippen molar-refractivity contribution in [2.45, 2.75) is 58.0 Å². The fourth-order valence-corrected chi connectivity index (χ4v) is 6.97. The molecule has 1 amide bonds. The standard InChI is InChI=1S/C23H22ClFN2O6.C19H21ClFNO3.C5H4O4/c1-23(12-28,21(30)31)10-16(26-20(29)19-11-33-22(32)27-19)8-13-2-4-14(5-3-13)17-9-15(24)6-7-18(17)25;1-19(11-23,18(24)25)10-15(22)8-12-2-4-13(5-3-12)16-9-14(20)6-7-17(16)21;6-4-1-3(2-9-4)5(7)8/h2-7,9,11,16,28H,8,10,12H2,1H3,(H,26,29)(H,27,32)(H,30,31);2-7,9,15,23H,8,10-11,22H2,1H3,(H,24,25);2H,1H2,(H,7,8)/t16-,23+;15-,19+;/m11./s1. The number of H-pyrrole nitrogens is 1. The molecule has 0 fully saturated rings. The van der Waals surface area contributed by atoms with Crippen molar-refractivity contribution in [3.05, 3.63) is 152 Å². The molecule has 356 valence electrons. The van der Waals surface area contributed by atoms with Gasteiger partial charge in [-0.3, -0.25) is 24.2 Å². The Labute approximate surface area is 391 Å². The summed E-state index contributed by atoms with van der Waals surface area (Å²) < 4.78 is 36.9. The van der Waals surface area contributed by atoms with Gasteiger partial charge in [-0.05, 0) is 98.2 Å². The van der Waals surface area contributed by atoms with Gasteiger partial charge in [0, 0.05) is 33.3 Å². The summed E-state index contributed by atoms with van der Waals surface area (Å²) in [5, 5.41) is 49.4. The van der Waals surface area contributed by atoms with Crippen LogP contribution in [0.4, 0.5) is 8.78 Å². The number of hydrogen-bond donors (Lipinski definition) is 8. The van der Waals surface area contributed by atoms with Crippen LogP contribution in [0, 0.1) is 22.5 Å². The Morgan fingerprint density at radius 3 is 1.63 bits per heavy atom. The summed E-state index contributed by atoms with van der Waals surface area (Å²) in [6.07, 6.45) is 2.56. The number of carbonyl (C=O) groups excluding carboxylic acids is 2. The molecule has 0 saturated carbocycles. The molecule has 1 aliphatic heterocycles. The Bertz CT molecular complexity index is 2660. The fourth-order valence-electron chi connectivity index (χ4n) is 6.63. The molecule has 4 atom stereocenters. The van der Waals surface area contributed by atoms with Crippen molar-refractivity contribution in [2.75, 3.05) is 13.2 Å². The molecule has 0 saturated heterocycles. The summed E-state index contributed by atoms with van der Waals surface area (Å²) in [6.45, 7) is 1.74. The number of ether oxygens (including phenoxy) is 1. The quantitative estimate of drug-likeness (QED) is 0.0454. The number of esters is 1. The van der Waals surface area contributed by atoms with Crippen LogP contribution in [-0.4, -0.2) is 85.6 Å². The minimum Gasteiger partial charge on any atom is -0.481 e. The van der Waals surface area contributed by atoms with E-state index in [1.807, 2.05) is 12.1 Å². The van der Waals surface area contributed by atoms with E-state index < -0.39 is 77.5 Å². The average Bonchev–Trinajstić information content (AvgIpc) is 3.94. The third kappa shape index (κ3) is 15.2. The monoisotopic (exact) mass is 969 g/mol. The lowest BCUT2D eigenvalue weighted by atomic mass is 9.82. The Kier molecular flexibility index (Phi) is 18.7. The molecule has 9 N–H and O–H groups in total. The van der Waals surface area contributed by atoms with Crippen molar-refractivity contribution in [2.24, 2.45) is 16.6 Å². The van der Waals surface area contributed by atoms with Crippen molar-refractivity contribution in [3.63, 3.8) is 0 Å². The number of nitrogens with two attached hydrogens (primary N) is 1. The highest BCUT2D eigenvalue weighted by atomic mass is 35.5. The van der Waals surface area contributed by atoms with Gasteiger partial charge in [0.15, 0.2) is 0 Å². The van der Waals surface area contributed by atoms with Gasteiger partial charge in [0.2, 0.25) is 0 Å².